The lowest BCUT2D eigenvalue weighted by Gasteiger charge is -2.03. The van der Waals surface area contributed by atoms with Gasteiger partial charge in [-0.2, -0.15) is 10.2 Å². The maximum atomic E-state index is 5.99. The minimum absolute atomic E-state index is 0.515. The van der Waals surface area contributed by atoms with Crippen LogP contribution in [0.15, 0.2) is 28.7 Å². The zero-order valence-electron chi connectivity index (χ0n) is 11.4. The fourth-order valence-electron chi connectivity index (χ4n) is 2.29. The van der Waals surface area contributed by atoms with Crippen LogP contribution in [0.25, 0.3) is 16.7 Å². The number of nitrogens with two attached hydrogens (primary N) is 1. The van der Waals surface area contributed by atoms with Gasteiger partial charge in [-0.05, 0) is 36.6 Å². The molecule has 0 saturated heterocycles. The SMILES string of the molecule is CC(C)Cc1nn(-c2ccc(Br)cc2)c2n[nH]c(N)c12. The summed E-state index contributed by atoms with van der Waals surface area (Å²) in [5.74, 6) is 1.10. The zero-order valence-corrected chi connectivity index (χ0v) is 13.0. The van der Waals surface area contributed by atoms with E-state index in [4.69, 9.17) is 5.73 Å². The molecule has 104 valence electrons. The van der Waals surface area contributed by atoms with Gasteiger partial charge in [0.05, 0.1) is 16.8 Å². The molecule has 0 aliphatic rings. The minimum Gasteiger partial charge on any atom is -0.383 e. The van der Waals surface area contributed by atoms with Crippen LogP contribution >= 0.6 is 15.9 Å². The van der Waals surface area contributed by atoms with E-state index in [1.54, 1.807) is 0 Å². The molecule has 5 nitrogen and oxygen atoms in total. The monoisotopic (exact) mass is 333 g/mol. The molecule has 0 aliphatic heterocycles. The Bertz CT molecular complexity index is 739. The molecule has 2 aromatic heterocycles. The van der Waals surface area contributed by atoms with Gasteiger partial charge in [-0.25, -0.2) is 4.68 Å². The first kappa shape index (κ1) is 13.2. The Kier molecular flexibility index (Phi) is 3.25. The lowest BCUT2D eigenvalue weighted by molar-refractivity contribution is 0.630. The molecule has 0 radical (unpaired) electrons. The van der Waals surface area contributed by atoms with E-state index in [1.807, 2.05) is 28.9 Å². The van der Waals surface area contributed by atoms with Crippen molar-refractivity contribution in [2.24, 2.45) is 5.92 Å². The molecule has 3 rings (SSSR count). The number of benzene rings is 1. The predicted octanol–water partition coefficient (Wildman–Crippen LogP) is 3.29. The van der Waals surface area contributed by atoms with Gasteiger partial charge in [-0.1, -0.05) is 29.8 Å². The Balaban J connectivity index is 2.18. The number of H-pyrrole nitrogens is 1. The van der Waals surface area contributed by atoms with E-state index < -0.39 is 0 Å². The Hall–Kier alpha value is -1.82. The highest BCUT2D eigenvalue weighted by Crippen LogP contribution is 2.27. The lowest BCUT2D eigenvalue weighted by atomic mass is 10.1. The normalized spacial score (nSPS) is 11.6. The topological polar surface area (TPSA) is 72.5 Å². The van der Waals surface area contributed by atoms with Gasteiger partial charge < -0.3 is 5.73 Å². The summed E-state index contributed by atoms with van der Waals surface area (Å²) in [4.78, 5) is 0. The van der Waals surface area contributed by atoms with E-state index in [-0.39, 0.29) is 0 Å². The van der Waals surface area contributed by atoms with Crippen molar-refractivity contribution < 1.29 is 0 Å². The number of hydrogen-bond acceptors (Lipinski definition) is 3. The van der Waals surface area contributed by atoms with Gasteiger partial charge in [0.25, 0.3) is 0 Å². The minimum atomic E-state index is 0.515. The van der Waals surface area contributed by atoms with Crippen molar-refractivity contribution in [1.82, 2.24) is 20.0 Å². The summed E-state index contributed by atoms with van der Waals surface area (Å²) < 4.78 is 2.88. The van der Waals surface area contributed by atoms with Gasteiger partial charge >= 0.3 is 0 Å². The molecule has 0 saturated carbocycles. The van der Waals surface area contributed by atoms with Crippen LogP contribution in [0, 0.1) is 5.92 Å². The molecular weight excluding hydrogens is 318 g/mol. The summed E-state index contributed by atoms with van der Waals surface area (Å²) >= 11 is 3.44. The van der Waals surface area contributed by atoms with Crippen LogP contribution in [0.5, 0.6) is 0 Å². The molecule has 20 heavy (non-hydrogen) atoms. The van der Waals surface area contributed by atoms with E-state index in [0.717, 1.165) is 33.3 Å². The molecule has 0 bridgehead atoms. The molecular formula is C14H16BrN5. The molecule has 3 aromatic rings. The summed E-state index contributed by atoms with van der Waals surface area (Å²) in [5, 5.41) is 12.8. The molecule has 0 fully saturated rings. The van der Waals surface area contributed by atoms with Crippen LogP contribution < -0.4 is 5.73 Å². The highest BCUT2D eigenvalue weighted by molar-refractivity contribution is 9.10. The van der Waals surface area contributed by atoms with Crippen LogP contribution in [0.4, 0.5) is 5.82 Å². The van der Waals surface area contributed by atoms with Gasteiger partial charge in [0, 0.05) is 4.47 Å². The molecule has 0 amide bonds. The summed E-state index contributed by atoms with van der Waals surface area (Å²) in [6, 6.07) is 7.98. The van der Waals surface area contributed by atoms with E-state index in [9.17, 15) is 0 Å². The van der Waals surface area contributed by atoms with Gasteiger partial charge in [0.2, 0.25) is 0 Å². The summed E-state index contributed by atoms with van der Waals surface area (Å²) in [6.07, 6.45) is 0.879. The highest BCUT2D eigenvalue weighted by Gasteiger charge is 2.18. The van der Waals surface area contributed by atoms with Gasteiger partial charge in [0.1, 0.15) is 5.82 Å². The lowest BCUT2D eigenvalue weighted by Crippen LogP contribution is -2.01. The molecule has 0 aliphatic carbocycles. The van der Waals surface area contributed by atoms with Crippen molar-refractivity contribution in [3.63, 3.8) is 0 Å². The second-order valence-corrected chi connectivity index (χ2v) is 6.18. The van der Waals surface area contributed by atoms with Crippen LogP contribution in [0.2, 0.25) is 0 Å². The van der Waals surface area contributed by atoms with Crippen LogP contribution in [-0.4, -0.2) is 20.0 Å². The van der Waals surface area contributed by atoms with Crippen molar-refractivity contribution in [2.45, 2.75) is 20.3 Å². The number of rotatable bonds is 3. The maximum absolute atomic E-state index is 5.99. The Morgan fingerprint density at radius 1 is 1.30 bits per heavy atom. The van der Waals surface area contributed by atoms with E-state index in [0.29, 0.717) is 11.7 Å². The van der Waals surface area contributed by atoms with Gasteiger partial charge in [-0.3, -0.25) is 5.10 Å². The summed E-state index contributed by atoms with van der Waals surface area (Å²) in [7, 11) is 0. The van der Waals surface area contributed by atoms with Crippen molar-refractivity contribution >= 4 is 32.8 Å². The fraction of sp³-hybridized carbons (Fsp3) is 0.286. The molecule has 3 N–H and O–H groups in total. The number of aromatic nitrogens is 4. The number of aromatic amines is 1. The first-order chi connectivity index (χ1) is 9.56. The van der Waals surface area contributed by atoms with Gasteiger partial charge in [0.15, 0.2) is 5.65 Å². The zero-order chi connectivity index (χ0) is 14.3. The van der Waals surface area contributed by atoms with Crippen molar-refractivity contribution in [3.05, 3.63) is 34.4 Å². The van der Waals surface area contributed by atoms with E-state index in [1.165, 1.54) is 0 Å². The fourth-order valence-corrected chi connectivity index (χ4v) is 2.56. The number of fused-ring (bicyclic) bond motifs is 1. The van der Waals surface area contributed by atoms with Crippen molar-refractivity contribution in [2.75, 3.05) is 5.73 Å². The number of halogens is 1. The highest BCUT2D eigenvalue weighted by atomic mass is 79.9. The average Bonchev–Trinajstić information content (AvgIpc) is 2.93. The number of nitrogens with zero attached hydrogens (tertiary/aromatic N) is 3. The van der Waals surface area contributed by atoms with Crippen LogP contribution in [0.3, 0.4) is 0 Å². The molecule has 0 unspecified atom stereocenters. The number of anilines is 1. The summed E-state index contributed by atoms with van der Waals surface area (Å²) in [5.41, 5.74) is 8.73. The second kappa shape index (κ2) is 4.94. The molecule has 6 heteroatoms. The van der Waals surface area contributed by atoms with Crippen molar-refractivity contribution in [3.8, 4) is 5.69 Å². The van der Waals surface area contributed by atoms with Gasteiger partial charge in [-0.15, -0.1) is 0 Å². The number of nitrogen functional groups attached to an aromatic ring is 1. The first-order valence-electron chi connectivity index (χ1n) is 6.53. The molecule has 1 aromatic carbocycles. The number of hydrogen-bond donors (Lipinski definition) is 2. The average molecular weight is 334 g/mol. The quantitative estimate of drug-likeness (QED) is 0.772. The standard InChI is InChI=1S/C14H16BrN5/c1-8(2)7-11-12-13(16)17-18-14(12)20(19-11)10-5-3-9(15)4-6-10/h3-6,8H,7H2,1-2H3,(H3,16,17,18). The van der Waals surface area contributed by atoms with E-state index in [2.05, 4.69) is 45.1 Å². The molecule has 2 heterocycles. The Morgan fingerprint density at radius 2 is 2.00 bits per heavy atom. The smallest absolute Gasteiger partial charge is 0.186 e. The summed E-state index contributed by atoms with van der Waals surface area (Å²) in [6.45, 7) is 4.33. The molecule has 0 spiro atoms. The first-order valence-corrected chi connectivity index (χ1v) is 7.33. The number of nitrogens with one attached hydrogen (secondary N) is 1. The Labute approximate surface area is 125 Å². The Morgan fingerprint density at radius 3 is 2.65 bits per heavy atom. The third-order valence-corrected chi connectivity index (χ3v) is 3.69. The van der Waals surface area contributed by atoms with Crippen LogP contribution in [0.1, 0.15) is 19.5 Å². The second-order valence-electron chi connectivity index (χ2n) is 5.27. The third-order valence-electron chi connectivity index (χ3n) is 3.16. The third kappa shape index (κ3) is 2.20. The predicted molar refractivity (Wildman–Crippen MR) is 83.9 cm³/mol. The molecule has 0 atom stereocenters. The van der Waals surface area contributed by atoms with Crippen molar-refractivity contribution in [1.29, 1.82) is 0 Å². The van der Waals surface area contributed by atoms with Crippen LogP contribution in [-0.2, 0) is 6.42 Å². The van der Waals surface area contributed by atoms with E-state index >= 15 is 0 Å². The maximum Gasteiger partial charge on any atom is 0.186 e. The largest absolute Gasteiger partial charge is 0.383 e.